The summed E-state index contributed by atoms with van der Waals surface area (Å²) < 4.78 is 0. The Morgan fingerprint density at radius 2 is 1.38 bits per heavy atom. The first kappa shape index (κ1) is 16.0. The molecule has 0 radical (unpaired) electrons. The van der Waals surface area contributed by atoms with Crippen molar-refractivity contribution in [3.05, 3.63) is 0 Å². The van der Waals surface area contributed by atoms with E-state index in [1.165, 1.54) is 70.8 Å². The van der Waals surface area contributed by atoms with Crippen LogP contribution in [-0.4, -0.2) is 12.6 Å². The zero-order valence-corrected chi connectivity index (χ0v) is 11.9. The molecule has 0 aliphatic rings. The van der Waals surface area contributed by atoms with Gasteiger partial charge in [0.05, 0.1) is 0 Å². The largest absolute Gasteiger partial charge is 0.314 e. The van der Waals surface area contributed by atoms with Gasteiger partial charge in [0.2, 0.25) is 0 Å². The summed E-state index contributed by atoms with van der Waals surface area (Å²) in [7, 11) is 0. The van der Waals surface area contributed by atoms with E-state index in [9.17, 15) is 0 Å². The number of nitrogens with one attached hydrogen (secondary N) is 1. The van der Waals surface area contributed by atoms with Crippen LogP contribution in [0.3, 0.4) is 0 Å². The van der Waals surface area contributed by atoms with Crippen LogP contribution in [0.15, 0.2) is 0 Å². The maximum atomic E-state index is 3.63. The molecule has 98 valence electrons. The Hall–Kier alpha value is -0.0400. The second-order valence-electron chi connectivity index (χ2n) is 4.97. The zero-order valence-electron chi connectivity index (χ0n) is 11.9. The van der Waals surface area contributed by atoms with Gasteiger partial charge in [-0.05, 0) is 25.8 Å². The molecule has 0 aromatic carbocycles. The lowest BCUT2D eigenvalue weighted by molar-refractivity contribution is 0.442. The number of unbranched alkanes of at least 4 members (excludes halogenated alkanes) is 6. The Morgan fingerprint density at radius 1 is 0.750 bits per heavy atom. The summed E-state index contributed by atoms with van der Waals surface area (Å²) in [6.07, 6.45) is 13.9. The van der Waals surface area contributed by atoms with E-state index in [1.54, 1.807) is 0 Å². The first-order valence-corrected chi connectivity index (χ1v) is 7.58. The van der Waals surface area contributed by atoms with Crippen LogP contribution in [0, 0.1) is 0 Å². The molecule has 0 aromatic rings. The highest BCUT2D eigenvalue weighted by atomic mass is 14.9. The number of hydrogen-bond acceptors (Lipinski definition) is 1. The molecule has 16 heavy (non-hydrogen) atoms. The Morgan fingerprint density at radius 3 is 1.94 bits per heavy atom. The summed E-state index contributed by atoms with van der Waals surface area (Å²) in [5, 5.41) is 3.63. The zero-order chi connectivity index (χ0) is 12.1. The standard InChI is InChI=1S/C15H33N/c1-4-7-8-9-10-11-12-13-15(6-3)16-14-5-2/h15-16H,4-14H2,1-3H3. The van der Waals surface area contributed by atoms with Gasteiger partial charge in [-0.2, -0.15) is 0 Å². The average Bonchev–Trinajstić information content (AvgIpc) is 2.32. The van der Waals surface area contributed by atoms with Gasteiger partial charge in [0.15, 0.2) is 0 Å². The molecular formula is C15H33N. The fraction of sp³-hybridized carbons (Fsp3) is 1.00. The molecule has 0 saturated carbocycles. The molecule has 0 saturated heterocycles. The molecule has 0 aliphatic heterocycles. The third-order valence-electron chi connectivity index (χ3n) is 3.33. The lowest BCUT2D eigenvalue weighted by Gasteiger charge is -2.16. The van der Waals surface area contributed by atoms with Gasteiger partial charge >= 0.3 is 0 Å². The second kappa shape index (κ2) is 13.0. The molecule has 1 heteroatoms. The molecule has 1 unspecified atom stereocenters. The average molecular weight is 227 g/mol. The van der Waals surface area contributed by atoms with Gasteiger partial charge in [0, 0.05) is 6.04 Å². The maximum absolute atomic E-state index is 3.63. The van der Waals surface area contributed by atoms with Crippen molar-refractivity contribution in [2.45, 2.75) is 91.0 Å². The highest BCUT2D eigenvalue weighted by Gasteiger charge is 2.03. The van der Waals surface area contributed by atoms with Crippen LogP contribution in [-0.2, 0) is 0 Å². The summed E-state index contributed by atoms with van der Waals surface area (Å²) in [6, 6.07) is 0.774. The first-order chi connectivity index (χ1) is 7.85. The van der Waals surface area contributed by atoms with Crippen LogP contribution >= 0.6 is 0 Å². The predicted molar refractivity (Wildman–Crippen MR) is 75.0 cm³/mol. The van der Waals surface area contributed by atoms with Gasteiger partial charge in [0.1, 0.15) is 0 Å². The molecule has 0 aliphatic carbocycles. The van der Waals surface area contributed by atoms with Crippen LogP contribution < -0.4 is 5.32 Å². The Bertz CT molecular complexity index is 123. The molecular weight excluding hydrogens is 194 g/mol. The summed E-state index contributed by atoms with van der Waals surface area (Å²) in [6.45, 7) is 8.02. The molecule has 0 heterocycles. The van der Waals surface area contributed by atoms with Crippen molar-refractivity contribution in [3.8, 4) is 0 Å². The Labute approximate surface area is 103 Å². The van der Waals surface area contributed by atoms with Crippen molar-refractivity contribution in [2.24, 2.45) is 0 Å². The molecule has 1 nitrogen and oxygen atoms in total. The van der Waals surface area contributed by atoms with Crippen LogP contribution in [0.25, 0.3) is 0 Å². The Kier molecular flexibility index (Phi) is 13.0. The highest BCUT2D eigenvalue weighted by Crippen LogP contribution is 2.10. The van der Waals surface area contributed by atoms with Crippen LogP contribution in [0.4, 0.5) is 0 Å². The molecule has 0 aromatic heterocycles. The van der Waals surface area contributed by atoms with Crippen molar-refractivity contribution in [3.63, 3.8) is 0 Å². The third-order valence-corrected chi connectivity index (χ3v) is 3.33. The Balaban J connectivity index is 3.20. The minimum absolute atomic E-state index is 0.774. The van der Waals surface area contributed by atoms with E-state index in [-0.39, 0.29) is 0 Å². The van der Waals surface area contributed by atoms with Gasteiger partial charge in [-0.3, -0.25) is 0 Å². The normalized spacial score (nSPS) is 12.9. The minimum Gasteiger partial charge on any atom is -0.314 e. The molecule has 1 atom stereocenters. The quantitative estimate of drug-likeness (QED) is 0.467. The number of hydrogen-bond donors (Lipinski definition) is 1. The van der Waals surface area contributed by atoms with Crippen molar-refractivity contribution >= 4 is 0 Å². The first-order valence-electron chi connectivity index (χ1n) is 7.58. The van der Waals surface area contributed by atoms with Gasteiger partial charge < -0.3 is 5.32 Å². The summed E-state index contributed by atoms with van der Waals surface area (Å²) in [5.74, 6) is 0. The van der Waals surface area contributed by atoms with Gasteiger partial charge in [0.25, 0.3) is 0 Å². The van der Waals surface area contributed by atoms with E-state index >= 15 is 0 Å². The van der Waals surface area contributed by atoms with Crippen molar-refractivity contribution in [2.75, 3.05) is 6.54 Å². The molecule has 0 amide bonds. The van der Waals surface area contributed by atoms with Gasteiger partial charge in [-0.1, -0.05) is 65.7 Å². The molecule has 1 N–H and O–H groups in total. The van der Waals surface area contributed by atoms with E-state index in [4.69, 9.17) is 0 Å². The van der Waals surface area contributed by atoms with E-state index in [0.717, 1.165) is 6.04 Å². The third kappa shape index (κ3) is 10.5. The molecule has 0 rings (SSSR count). The maximum Gasteiger partial charge on any atom is 0.00644 e. The van der Waals surface area contributed by atoms with Crippen LogP contribution in [0.5, 0.6) is 0 Å². The minimum atomic E-state index is 0.774. The van der Waals surface area contributed by atoms with Crippen molar-refractivity contribution < 1.29 is 0 Å². The molecule has 0 bridgehead atoms. The van der Waals surface area contributed by atoms with Crippen LogP contribution in [0.1, 0.15) is 85.0 Å². The highest BCUT2D eigenvalue weighted by molar-refractivity contribution is 4.64. The fourth-order valence-corrected chi connectivity index (χ4v) is 2.15. The lowest BCUT2D eigenvalue weighted by atomic mass is 10.0. The van der Waals surface area contributed by atoms with E-state index in [2.05, 4.69) is 26.1 Å². The lowest BCUT2D eigenvalue weighted by Crippen LogP contribution is -2.28. The summed E-state index contributed by atoms with van der Waals surface area (Å²) in [5.41, 5.74) is 0. The topological polar surface area (TPSA) is 12.0 Å². The van der Waals surface area contributed by atoms with Crippen molar-refractivity contribution in [1.29, 1.82) is 0 Å². The van der Waals surface area contributed by atoms with E-state index in [0.29, 0.717) is 0 Å². The van der Waals surface area contributed by atoms with Gasteiger partial charge in [-0.15, -0.1) is 0 Å². The summed E-state index contributed by atoms with van der Waals surface area (Å²) in [4.78, 5) is 0. The van der Waals surface area contributed by atoms with E-state index in [1.807, 2.05) is 0 Å². The SMILES string of the molecule is CCCCCCCCCC(CC)NCCC. The second-order valence-corrected chi connectivity index (χ2v) is 4.97. The smallest absolute Gasteiger partial charge is 0.00644 e. The van der Waals surface area contributed by atoms with Crippen LogP contribution in [0.2, 0.25) is 0 Å². The van der Waals surface area contributed by atoms with E-state index < -0.39 is 0 Å². The monoisotopic (exact) mass is 227 g/mol. The molecule has 0 fully saturated rings. The summed E-state index contributed by atoms with van der Waals surface area (Å²) >= 11 is 0. The predicted octanol–water partition coefficient (Wildman–Crippen LogP) is 4.91. The number of rotatable bonds is 12. The van der Waals surface area contributed by atoms with Gasteiger partial charge in [-0.25, -0.2) is 0 Å². The fourth-order valence-electron chi connectivity index (χ4n) is 2.15. The molecule has 0 spiro atoms. The van der Waals surface area contributed by atoms with Crippen molar-refractivity contribution in [1.82, 2.24) is 5.32 Å².